The fourth-order valence-corrected chi connectivity index (χ4v) is 4.86. The smallest absolute Gasteiger partial charge is 0.242 e. The number of halogens is 1. The van der Waals surface area contributed by atoms with Crippen molar-refractivity contribution in [3.8, 4) is 5.75 Å². The summed E-state index contributed by atoms with van der Waals surface area (Å²) in [6, 6.07) is 13.3. The molecule has 0 unspecified atom stereocenters. The number of rotatable bonds is 12. The third-order valence-corrected chi connectivity index (χ3v) is 6.95. The summed E-state index contributed by atoms with van der Waals surface area (Å²) in [5, 5.41) is 3.50. The number of sulfonamides is 1. The van der Waals surface area contributed by atoms with Crippen LogP contribution in [-0.4, -0.2) is 56.1 Å². The molecular weight excluding hydrogens is 514 g/mol. The summed E-state index contributed by atoms with van der Waals surface area (Å²) in [6.45, 7) is 9.85. The molecule has 2 aromatic carbocycles. The molecule has 0 spiro atoms. The van der Waals surface area contributed by atoms with E-state index in [4.69, 9.17) is 16.3 Å². The number of benzene rings is 2. The minimum absolute atomic E-state index is 0.0591. The molecule has 2 aromatic rings. The van der Waals surface area contributed by atoms with E-state index in [0.717, 1.165) is 11.8 Å². The van der Waals surface area contributed by atoms with Crippen LogP contribution in [0.5, 0.6) is 5.75 Å². The van der Waals surface area contributed by atoms with E-state index < -0.39 is 21.6 Å². The third-order valence-electron chi connectivity index (χ3n) is 5.52. The lowest BCUT2D eigenvalue weighted by Crippen LogP contribution is -2.52. The molecule has 204 valence electrons. The van der Waals surface area contributed by atoms with Gasteiger partial charge in [-0.1, -0.05) is 35.9 Å². The molecule has 2 amide bonds. The Morgan fingerprint density at radius 1 is 1.08 bits per heavy atom. The van der Waals surface area contributed by atoms with Gasteiger partial charge in [-0.15, -0.1) is 0 Å². The van der Waals surface area contributed by atoms with Crippen LogP contribution in [0.4, 0.5) is 5.69 Å². The third kappa shape index (κ3) is 9.55. The van der Waals surface area contributed by atoms with Crippen LogP contribution >= 0.6 is 11.6 Å². The Hall–Kier alpha value is -2.78. The van der Waals surface area contributed by atoms with Crippen molar-refractivity contribution in [2.75, 3.05) is 23.7 Å². The minimum atomic E-state index is -3.63. The van der Waals surface area contributed by atoms with Gasteiger partial charge < -0.3 is 15.0 Å². The number of para-hydroxylation sites is 2. The fourth-order valence-electron chi connectivity index (χ4n) is 3.77. The number of anilines is 1. The monoisotopic (exact) mass is 551 g/mol. The SMILES string of the molecule is CCOc1ccccc1N(CCCC(=O)N(Cc1ccc(Cl)cc1)[C@@H](C)C(=O)NC(C)(C)C)S(C)(=O)=O. The van der Waals surface area contributed by atoms with Crippen molar-refractivity contribution in [3.63, 3.8) is 0 Å². The Morgan fingerprint density at radius 2 is 1.70 bits per heavy atom. The van der Waals surface area contributed by atoms with E-state index in [0.29, 0.717) is 23.1 Å². The number of amides is 2. The lowest BCUT2D eigenvalue weighted by Gasteiger charge is -2.32. The molecule has 0 aliphatic heterocycles. The second-order valence-corrected chi connectivity index (χ2v) is 12.2. The lowest BCUT2D eigenvalue weighted by atomic mass is 10.1. The maximum Gasteiger partial charge on any atom is 0.242 e. The van der Waals surface area contributed by atoms with Crippen LogP contribution in [0.25, 0.3) is 0 Å². The molecule has 0 heterocycles. The zero-order chi connectivity index (χ0) is 27.8. The maximum atomic E-state index is 13.4. The van der Waals surface area contributed by atoms with Crippen molar-refractivity contribution in [1.29, 1.82) is 0 Å². The molecule has 0 aliphatic rings. The van der Waals surface area contributed by atoms with E-state index in [-0.39, 0.29) is 37.7 Å². The largest absolute Gasteiger partial charge is 0.492 e. The van der Waals surface area contributed by atoms with Gasteiger partial charge in [-0.05, 0) is 70.9 Å². The van der Waals surface area contributed by atoms with E-state index in [9.17, 15) is 18.0 Å². The molecule has 1 atom stereocenters. The molecule has 0 radical (unpaired) electrons. The average molecular weight is 552 g/mol. The van der Waals surface area contributed by atoms with Crippen molar-refractivity contribution in [2.24, 2.45) is 0 Å². The predicted molar refractivity (Wildman–Crippen MR) is 148 cm³/mol. The van der Waals surface area contributed by atoms with Gasteiger partial charge in [-0.3, -0.25) is 13.9 Å². The van der Waals surface area contributed by atoms with Crippen LogP contribution in [-0.2, 0) is 26.2 Å². The fraction of sp³-hybridized carbons (Fsp3) is 0.481. The molecule has 2 rings (SSSR count). The van der Waals surface area contributed by atoms with E-state index >= 15 is 0 Å². The molecule has 0 bridgehead atoms. The van der Waals surface area contributed by atoms with Crippen LogP contribution in [0.3, 0.4) is 0 Å². The molecule has 1 N–H and O–H groups in total. The molecule has 0 fully saturated rings. The molecule has 0 aliphatic carbocycles. The van der Waals surface area contributed by atoms with E-state index in [2.05, 4.69) is 5.32 Å². The van der Waals surface area contributed by atoms with Crippen molar-refractivity contribution in [2.45, 2.75) is 65.6 Å². The van der Waals surface area contributed by atoms with Crippen molar-refractivity contribution < 1.29 is 22.7 Å². The van der Waals surface area contributed by atoms with Gasteiger partial charge in [0.25, 0.3) is 0 Å². The Balaban J connectivity index is 2.22. The van der Waals surface area contributed by atoms with Gasteiger partial charge in [0.2, 0.25) is 21.8 Å². The average Bonchev–Trinajstić information content (AvgIpc) is 2.80. The van der Waals surface area contributed by atoms with Gasteiger partial charge in [0.05, 0.1) is 18.6 Å². The summed E-state index contributed by atoms with van der Waals surface area (Å²) in [6.07, 6.45) is 1.45. The highest BCUT2D eigenvalue weighted by Crippen LogP contribution is 2.30. The number of nitrogens with one attached hydrogen (secondary N) is 1. The number of hydrogen-bond donors (Lipinski definition) is 1. The summed E-state index contributed by atoms with van der Waals surface area (Å²) < 4.78 is 32.1. The van der Waals surface area contributed by atoms with Gasteiger partial charge in [0, 0.05) is 30.1 Å². The topological polar surface area (TPSA) is 96.0 Å². The molecule has 0 saturated carbocycles. The molecule has 37 heavy (non-hydrogen) atoms. The highest BCUT2D eigenvalue weighted by Gasteiger charge is 2.29. The van der Waals surface area contributed by atoms with Crippen LogP contribution in [0, 0.1) is 0 Å². The zero-order valence-electron chi connectivity index (χ0n) is 22.5. The number of hydrogen-bond acceptors (Lipinski definition) is 5. The first-order valence-corrected chi connectivity index (χ1v) is 14.5. The summed E-state index contributed by atoms with van der Waals surface area (Å²) in [5.41, 5.74) is 0.802. The maximum absolute atomic E-state index is 13.4. The Morgan fingerprint density at radius 3 is 2.27 bits per heavy atom. The predicted octanol–water partition coefficient (Wildman–Crippen LogP) is 4.62. The van der Waals surface area contributed by atoms with Gasteiger partial charge in [-0.2, -0.15) is 0 Å². The number of carbonyl (C=O) groups is 2. The van der Waals surface area contributed by atoms with Crippen molar-refractivity contribution >= 4 is 39.1 Å². The van der Waals surface area contributed by atoms with Crippen LogP contribution < -0.4 is 14.4 Å². The number of ether oxygens (including phenoxy) is 1. The number of nitrogens with zero attached hydrogens (tertiary/aromatic N) is 2. The summed E-state index contributed by atoms with van der Waals surface area (Å²) in [4.78, 5) is 27.8. The second kappa shape index (κ2) is 13.1. The summed E-state index contributed by atoms with van der Waals surface area (Å²) in [7, 11) is -3.63. The normalized spacial score (nSPS) is 12.5. The van der Waals surface area contributed by atoms with E-state index in [1.807, 2.05) is 39.8 Å². The van der Waals surface area contributed by atoms with Crippen LogP contribution in [0.2, 0.25) is 5.02 Å². The molecule has 10 heteroatoms. The van der Waals surface area contributed by atoms with Gasteiger partial charge in [-0.25, -0.2) is 8.42 Å². The molecule has 8 nitrogen and oxygen atoms in total. The first-order valence-electron chi connectivity index (χ1n) is 12.3. The first-order chi connectivity index (χ1) is 17.2. The Bertz CT molecular complexity index is 1160. The van der Waals surface area contributed by atoms with Crippen LogP contribution in [0.15, 0.2) is 48.5 Å². The molecule has 0 saturated heterocycles. The zero-order valence-corrected chi connectivity index (χ0v) is 24.0. The highest BCUT2D eigenvalue weighted by molar-refractivity contribution is 7.92. The molecule has 0 aromatic heterocycles. The Kier molecular flexibility index (Phi) is 10.8. The van der Waals surface area contributed by atoms with Crippen LogP contribution in [0.1, 0.15) is 53.0 Å². The quantitative estimate of drug-likeness (QED) is 0.415. The first kappa shape index (κ1) is 30.4. The molecular formula is C27H38ClN3O5S. The summed E-state index contributed by atoms with van der Waals surface area (Å²) >= 11 is 6.01. The van der Waals surface area contributed by atoms with Crippen molar-refractivity contribution in [3.05, 3.63) is 59.1 Å². The Labute approximate surface area is 226 Å². The standard InChI is InChI=1S/C27H38ClN3O5S/c1-7-36-24-12-9-8-11-23(24)31(37(6,34)35)18-10-13-25(32)30(19-21-14-16-22(28)17-15-21)20(2)26(33)29-27(3,4)5/h8-9,11-12,14-17,20H,7,10,13,18-19H2,1-6H3,(H,29,33)/t20-/m0/s1. The number of carbonyl (C=O) groups excluding carboxylic acids is 2. The second-order valence-electron chi connectivity index (χ2n) is 9.90. The van der Waals surface area contributed by atoms with E-state index in [1.165, 1.54) is 9.21 Å². The van der Waals surface area contributed by atoms with Gasteiger partial charge in [0.1, 0.15) is 11.8 Å². The highest BCUT2D eigenvalue weighted by atomic mass is 35.5. The van der Waals surface area contributed by atoms with E-state index in [1.54, 1.807) is 43.3 Å². The van der Waals surface area contributed by atoms with Gasteiger partial charge in [0.15, 0.2) is 0 Å². The minimum Gasteiger partial charge on any atom is -0.492 e. The summed E-state index contributed by atoms with van der Waals surface area (Å²) in [5.74, 6) is -0.0603. The lowest BCUT2D eigenvalue weighted by molar-refractivity contribution is -0.141. The van der Waals surface area contributed by atoms with Crippen molar-refractivity contribution in [1.82, 2.24) is 10.2 Å². The van der Waals surface area contributed by atoms with Gasteiger partial charge >= 0.3 is 0 Å².